The molecule has 2 aromatic heterocycles. The molecule has 1 aliphatic carbocycles. The molecule has 0 unspecified atom stereocenters. The van der Waals surface area contributed by atoms with Crippen molar-refractivity contribution in [3.63, 3.8) is 0 Å². The fraction of sp³-hybridized carbons (Fsp3) is 0.562. The number of H-pyrrole nitrogens is 1. The molecular formula is C16H22N4OS. The summed E-state index contributed by atoms with van der Waals surface area (Å²) >= 11 is 1.62. The van der Waals surface area contributed by atoms with Crippen LogP contribution in [0.3, 0.4) is 0 Å². The van der Waals surface area contributed by atoms with Gasteiger partial charge < -0.3 is 4.90 Å². The smallest absolute Gasteiger partial charge is 0.274 e. The molecule has 1 fully saturated rings. The number of hydrogen-bond donors (Lipinski definition) is 1. The second-order valence-electron chi connectivity index (χ2n) is 5.95. The predicted molar refractivity (Wildman–Crippen MR) is 87.2 cm³/mol. The van der Waals surface area contributed by atoms with E-state index >= 15 is 0 Å². The van der Waals surface area contributed by atoms with Gasteiger partial charge in [0.1, 0.15) is 5.69 Å². The first kappa shape index (κ1) is 15.2. The maximum atomic E-state index is 12.4. The van der Waals surface area contributed by atoms with Crippen molar-refractivity contribution in [2.45, 2.75) is 44.4 Å². The first-order valence-corrected chi connectivity index (χ1v) is 8.81. The molecule has 2 heterocycles. The zero-order chi connectivity index (χ0) is 15.4. The standard InChI is InChI=1S/C16H22N4OS/c1-20(9-7-15-17-8-10-22-15)16(21)14-11-13(18-19-14)12-5-3-2-4-6-12/h8,10-12H,2-7,9H2,1H3,(H,18,19). The molecular weight excluding hydrogens is 296 g/mol. The van der Waals surface area contributed by atoms with Crippen molar-refractivity contribution < 1.29 is 4.79 Å². The maximum absolute atomic E-state index is 12.4. The lowest BCUT2D eigenvalue weighted by atomic mass is 9.87. The molecule has 1 N–H and O–H groups in total. The van der Waals surface area contributed by atoms with Gasteiger partial charge in [0, 0.05) is 43.2 Å². The molecule has 5 nitrogen and oxygen atoms in total. The van der Waals surface area contributed by atoms with E-state index in [0.717, 1.165) is 17.1 Å². The van der Waals surface area contributed by atoms with E-state index < -0.39 is 0 Å². The van der Waals surface area contributed by atoms with Crippen LogP contribution in [0.25, 0.3) is 0 Å². The quantitative estimate of drug-likeness (QED) is 0.920. The molecule has 0 saturated heterocycles. The average Bonchev–Trinajstić information content (AvgIpc) is 3.24. The van der Waals surface area contributed by atoms with Gasteiger partial charge in [0.05, 0.1) is 5.01 Å². The van der Waals surface area contributed by atoms with Gasteiger partial charge in [-0.05, 0) is 18.9 Å². The molecule has 1 aliphatic rings. The third kappa shape index (κ3) is 3.55. The minimum absolute atomic E-state index is 0.0186. The number of likely N-dealkylation sites (N-methyl/N-ethyl adjacent to an activating group) is 1. The molecule has 0 bridgehead atoms. The summed E-state index contributed by atoms with van der Waals surface area (Å²) < 4.78 is 0. The van der Waals surface area contributed by atoms with Crippen molar-refractivity contribution in [1.82, 2.24) is 20.1 Å². The van der Waals surface area contributed by atoms with Crippen LogP contribution in [0.2, 0.25) is 0 Å². The Morgan fingerprint density at radius 3 is 2.95 bits per heavy atom. The van der Waals surface area contributed by atoms with Crippen LogP contribution in [0, 0.1) is 0 Å². The fourth-order valence-electron chi connectivity index (χ4n) is 3.01. The molecule has 1 amide bonds. The van der Waals surface area contributed by atoms with Crippen LogP contribution >= 0.6 is 11.3 Å². The molecule has 22 heavy (non-hydrogen) atoms. The van der Waals surface area contributed by atoms with Crippen molar-refractivity contribution in [2.24, 2.45) is 0 Å². The Morgan fingerprint density at radius 1 is 1.41 bits per heavy atom. The second-order valence-corrected chi connectivity index (χ2v) is 6.93. The highest BCUT2D eigenvalue weighted by Crippen LogP contribution is 2.31. The zero-order valence-electron chi connectivity index (χ0n) is 12.9. The number of carbonyl (C=O) groups is 1. The molecule has 0 aliphatic heterocycles. The van der Waals surface area contributed by atoms with Gasteiger partial charge in [0.2, 0.25) is 0 Å². The number of hydrogen-bond acceptors (Lipinski definition) is 4. The summed E-state index contributed by atoms with van der Waals surface area (Å²) in [7, 11) is 1.82. The number of amides is 1. The van der Waals surface area contributed by atoms with Gasteiger partial charge in [0.15, 0.2) is 0 Å². The van der Waals surface area contributed by atoms with Crippen LogP contribution in [-0.2, 0) is 6.42 Å². The maximum Gasteiger partial charge on any atom is 0.274 e. The number of aromatic amines is 1. The molecule has 2 aromatic rings. The number of thiazole rings is 1. The van der Waals surface area contributed by atoms with Crippen molar-refractivity contribution in [3.05, 3.63) is 34.0 Å². The SMILES string of the molecule is CN(CCc1nccs1)C(=O)c1cc(C2CCCCC2)[nH]n1. The van der Waals surface area contributed by atoms with Crippen molar-refractivity contribution in [1.29, 1.82) is 0 Å². The topological polar surface area (TPSA) is 61.9 Å². The van der Waals surface area contributed by atoms with Gasteiger partial charge in [-0.15, -0.1) is 11.3 Å². The molecule has 0 radical (unpaired) electrons. The van der Waals surface area contributed by atoms with Gasteiger partial charge in [-0.2, -0.15) is 5.10 Å². The zero-order valence-corrected chi connectivity index (χ0v) is 13.7. The van der Waals surface area contributed by atoms with Crippen LogP contribution in [0.15, 0.2) is 17.6 Å². The van der Waals surface area contributed by atoms with Crippen LogP contribution in [-0.4, -0.2) is 39.6 Å². The third-order valence-electron chi connectivity index (χ3n) is 4.35. The summed E-state index contributed by atoms with van der Waals surface area (Å²) in [4.78, 5) is 18.4. The van der Waals surface area contributed by atoms with Gasteiger partial charge in [-0.3, -0.25) is 9.89 Å². The highest BCUT2D eigenvalue weighted by molar-refractivity contribution is 7.09. The Morgan fingerprint density at radius 2 is 2.23 bits per heavy atom. The van der Waals surface area contributed by atoms with Gasteiger partial charge in [-0.25, -0.2) is 4.98 Å². The van der Waals surface area contributed by atoms with E-state index in [0.29, 0.717) is 18.2 Å². The fourth-order valence-corrected chi connectivity index (χ4v) is 3.62. The number of aromatic nitrogens is 3. The Hall–Kier alpha value is -1.69. The van der Waals surface area contributed by atoms with Crippen molar-refractivity contribution in [3.8, 4) is 0 Å². The largest absolute Gasteiger partial charge is 0.340 e. The van der Waals surface area contributed by atoms with E-state index in [9.17, 15) is 4.79 Å². The predicted octanol–water partition coefficient (Wildman–Crippen LogP) is 3.23. The van der Waals surface area contributed by atoms with E-state index in [4.69, 9.17) is 0 Å². The lowest BCUT2D eigenvalue weighted by Gasteiger charge is -2.19. The summed E-state index contributed by atoms with van der Waals surface area (Å²) in [5.74, 6) is 0.526. The minimum Gasteiger partial charge on any atom is -0.340 e. The normalized spacial score (nSPS) is 15.9. The third-order valence-corrected chi connectivity index (χ3v) is 5.19. The average molecular weight is 318 g/mol. The monoisotopic (exact) mass is 318 g/mol. The van der Waals surface area contributed by atoms with E-state index in [1.54, 1.807) is 22.4 Å². The molecule has 1 saturated carbocycles. The van der Waals surface area contributed by atoms with E-state index in [-0.39, 0.29) is 5.91 Å². The highest BCUT2D eigenvalue weighted by atomic mass is 32.1. The van der Waals surface area contributed by atoms with Gasteiger partial charge in [0.25, 0.3) is 5.91 Å². The molecule has 3 rings (SSSR count). The van der Waals surface area contributed by atoms with Gasteiger partial charge in [-0.1, -0.05) is 19.3 Å². The minimum atomic E-state index is -0.0186. The Kier molecular flexibility index (Phi) is 4.87. The molecule has 0 atom stereocenters. The summed E-state index contributed by atoms with van der Waals surface area (Å²) in [6.07, 6.45) is 8.88. The highest BCUT2D eigenvalue weighted by Gasteiger charge is 2.21. The second kappa shape index (κ2) is 7.05. The molecule has 118 valence electrons. The Bertz CT molecular complexity index is 601. The molecule has 0 aromatic carbocycles. The first-order valence-electron chi connectivity index (χ1n) is 7.93. The lowest BCUT2D eigenvalue weighted by molar-refractivity contribution is 0.0791. The molecule has 0 spiro atoms. The summed E-state index contributed by atoms with van der Waals surface area (Å²) in [6.45, 7) is 0.665. The lowest BCUT2D eigenvalue weighted by Crippen LogP contribution is -2.29. The van der Waals surface area contributed by atoms with Crippen LogP contribution in [0.5, 0.6) is 0 Å². The van der Waals surface area contributed by atoms with E-state index in [1.165, 1.54) is 32.1 Å². The summed E-state index contributed by atoms with van der Waals surface area (Å²) in [5, 5.41) is 10.3. The van der Waals surface area contributed by atoms with E-state index in [2.05, 4.69) is 15.2 Å². The number of rotatable bonds is 5. The van der Waals surface area contributed by atoms with Crippen LogP contribution < -0.4 is 0 Å². The number of nitrogens with one attached hydrogen (secondary N) is 1. The summed E-state index contributed by atoms with van der Waals surface area (Å²) in [5.41, 5.74) is 1.65. The van der Waals surface area contributed by atoms with Gasteiger partial charge >= 0.3 is 0 Å². The van der Waals surface area contributed by atoms with Crippen molar-refractivity contribution in [2.75, 3.05) is 13.6 Å². The number of nitrogens with zero attached hydrogens (tertiary/aromatic N) is 3. The van der Waals surface area contributed by atoms with Crippen LogP contribution in [0.1, 0.15) is 59.2 Å². The Labute approximate surface area is 134 Å². The molecule has 6 heteroatoms. The van der Waals surface area contributed by atoms with Crippen LogP contribution in [0.4, 0.5) is 0 Å². The number of carbonyl (C=O) groups excluding carboxylic acids is 1. The van der Waals surface area contributed by atoms with Crippen molar-refractivity contribution >= 4 is 17.2 Å². The van der Waals surface area contributed by atoms with E-state index in [1.807, 2.05) is 18.5 Å². The Balaban J connectivity index is 1.58. The summed E-state index contributed by atoms with van der Waals surface area (Å²) in [6, 6.07) is 1.94. The first-order chi connectivity index (χ1) is 10.7.